The molecule has 0 bridgehead atoms. The van der Waals surface area contributed by atoms with E-state index in [9.17, 15) is 0 Å². The first kappa shape index (κ1) is 174. The Morgan fingerprint density at radius 2 is 0.364 bits per heavy atom. The second-order valence-electron chi connectivity index (χ2n) is 0. The zero-order valence-corrected chi connectivity index (χ0v) is 18.8. The van der Waals surface area contributed by atoms with E-state index in [-0.39, 0.29) is 160 Å². The van der Waals surface area contributed by atoms with E-state index in [0.29, 0.717) is 0 Å². The van der Waals surface area contributed by atoms with E-state index in [1.165, 1.54) is 0 Å². The average Bonchev–Trinajstić information content (AvgIpc) is 0. The van der Waals surface area contributed by atoms with Crippen LogP contribution in [0.3, 0.4) is 0 Å². The summed E-state index contributed by atoms with van der Waals surface area (Å²) in [4.78, 5) is 0. The minimum absolute atomic E-state index is 0. The smallest absolute Gasteiger partial charge is 2.00 e. The van der Waals surface area contributed by atoms with Crippen LogP contribution >= 0.6 is 0 Å². The fourth-order valence-electron chi connectivity index (χ4n) is 0. The molecule has 11 heavy (non-hydrogen) atoms. The summed E-state index contributed by atoms with van der Waals surface area (Å²) in [6.45, 7) is 0. The van der Waals surface area contributed by atoms with E-state index >= 15 is 0 Å². The predicted octanol–water partition coefficient (Wildman–Crippen LogP) is -0.609. The summed E-state index contributed by atoms with van der Waals surface area (Å²) in [6.07, 6.45) is 0. The van der Waals surface area contributed by atoms with Gasteiger partial charge in [-0.3, -0.25) is 0 Å². The van der Waals surface area contributed by atoms with Gasteiger partial charge in [0.05, 0.1) is 0 Å². The van der Waals surface area contributed by atoms with Crippen molar-refractivity contribution >= 4 is 0 Å². The molecule has 58 valence electrons. The summed E-state index contributed by atoms with van der Waals surface area (Å²) in [5.41, 5.74) is 0. The molecule has 0 aliphatic carbocycles. The Morgan fingerprint density at radius 1 is 0.364 bits per heavy atom. The predicted molar refractivity (Wildman–Crippen MR) is 3.43 cm³/mol. The third kappa shape index (κ3) is 120. The van der Waals surface area contributed by atoms with Gasteiger partial charge in [0.1, 0.15) is 0 Å². The number of hydrogen-bond acceptors (Lipinski definition) is 0. The van der Waals surface area contributed by atoms with E-state index in [2.05, 4.69) is 0 Å². The van der Waals surface area contributed by atoms with E-state index < -0.39 is 0 Å². The van der Waals surface area contributed by atoms with E-state index in [1.807, 2.05) is 0 Å². The van der Waals surface area contributed by atoms with Crippen LogP contribution in [0.1, 0.15) is 0 Å². The second kappa shape index (κ2) is 141. The fraction of sp³-hybridized carbons (Fsp3) is 0. The Morgan fingerprint density at radius 3 is 0.364 bits per heavy atom. The third-order valence-electron chi connectivity index (χ3n) is 0. The normalized spacial score (nSPS) is 0. The molecule has 0 unspecified atom stereocenters. The first-order valence-electron chi connectivity index (χ1n) is 0. The van der Waals surface area contributed by atoms with Gasteiger partial charge in [0, 0.05) is 88.2 Å². The van der Waals surface area contributed by atoms with Crippen LogP contribution in [0.2, 0.25) is 0 Å². The van der Waals surface area contributed by atoms with E-state index in [1.54, 1.807) is 0 Å². The van der Waals surface area contributed by atoms with E-state index in [0.717, 1.165) is 0 Å². The summed E-state index contributed by atoms with van der Waals surface area (Å²) in [7, 11) is 0. The van der Waals surface area contributed by atoms with Crippen molar-refractivity contribution in [1.82, 2.24) is 0 Å². The van der Waals surface area contributed by atoms with Crippen molar-refractivity contribution in [1.29, 1.82) is 0 Å². The number of rotatable bonds is 0. The fourth-order valence-corrected chi connectivity index (χ4v) is 0. The van der Waals surface area contributed by atoms with Crippen LogP contribution < -0.4 is 0 Å². The van der Waals surface area contributed by atoms with Gasteiger partial charge in [0.2, 0.25) is 0 Å². The molecule has 0 N–H and O–H groups in total. The summed E-state index contributed by atoms with van der Waals surface area (Å²) in [6, 6.07) is 0. The van der Waals surface area contributed by atoms with Gasteiger partial charge in [-0.1, -0.05) is 0 Å². The molecule has 11 heteroatoms. The quantitative estimate of drug-likeness (QED) is 0.295. The SMILES string of the molecule is [Nb+5].[Nb+5].[O-2].[O-2].[O-2].[O-2].[O-2].[Ta].[Ta].[Ti].[Ti]. The van der Waals surface area contributed by atoms with Gasteiger partial charge in [0.15, 0.2) is 0 Å². The summed E-state index contributed by atoms with van der Waals surface area (Å²) in [5.74, 6) is 0. The van der Waals surface area contributed by atoms with Crippen LogP contribution in [0.4, 0.5) is 0 Å². The largest absolute Gasteiger partial charge is 5.00 e. The van der Waals surface area contributed by atoms with Gasteiger partial charge in [-0.05, 0) is 0 Å². The maximum absolute atomic E-state index is 0. The molecule has 5 nitrogen and oxygen atoms in total. The van der Waals surface area contributed by atoms with Gasteiger partial charge < -0.3 is 27.4 Å². The molecule has 2 radical (unpaired) electrons. The molecule has 0 fully saturated rings. The topological polar surface area (TPSA) is 142 Å². The molecule has 0 spiro atoms. The standard InChI is InChI=1S/2Nb.5O.2Ta.2Ti/q2*+5;5*-2;;;;. The molecule has 0 aromatic rings. The van der Waals surface area contributed by atoms with Gasteiger partial charge in [-0.2, -0.15) is 0 Å². The Kier molecular flexibility index (Phi) is 2230. The Labute approximate surface area is 157 Å². The Hall–Kier alpha value is 4.19. The first-order chi connectivity index (χ1) is 0. The molecular weight excluding hydrogens is 723 g/mol. The summed E-state index contributed by atoms with van der Waals surface area (Å²) < 4.78 is 0. The van der Waals surface area contributed by atoms with E-state index in [4.69, 9.17) is 0 Å². The molecule has 0 aromatic heterocycles. The van der Waals surface area contributed by atoms with Crippen molar-refractivity contribution in [2.24, 2.45) is 0 Å². The molecule has 0 saturated carbocycles. The second-order valence-corrected chi connectivity index (χ2v) is 0. The summed E-state index contributed by atoms with van der Waals surface area (Å²) in [5, 5.41) is 0. The van der Waals surface area contributed by atoms with Crippen molar-refractivity contribution in [3.05, 3.63) is 0 Å². The molecule has 0 aromatic carbocycles. The molecule has 0 aliphatic rings. The van der Waals surface area contributed by atoms with Crippen LogP contribution in [0.15, 0.2) is 0 Å². The van der Waals surface area contributed by atoms with Crippen LogP contribution in [-0.4, -0.2) is 0 Å². The van der Waals surface area contributed by atoms with Gasteiger partial charge >= 0.3 is 44.8 Å². The van der Waals surface area contributed by atoms with Crippen molar-refractivity contribution in [3.63, 3.8) is 0 Å². The molecular formula is Nb2O5Ta2Ti2. The Balaban J connectivity index is 0. The monoisotopic (exact) mass is 724 g/mol. The minimum Gasteiger partial charge on any atom is -2.00 e. The van der Waals surface area contributed by atoms with Crippen LogP contribution in [0, 0.1) is 0 Å². The van der Waals surface area contributed by atoms with Crippen molar-refractivity contribution in [2.45, 2.75) is 0 Å². The molecule has 0 rings (SSSR count). The maximum Gasteiger partial charge on any atom is 5.00 e. The van der Waals surface area contributed by atoms with Crippen LogP contribution in [0.5, 0.6) is 0 Å². The zero-order valence-electron chi connectivity index (χ0n) is 4.83. The van der Waals surface area contributed by atoms with Gasteiger partial charge in [-0.25, -0.2) is 0 Å². The molecule has 0 atom stereocenters. The Bertz CT molecular complexity index is 20.4. The summed E-state index contributed by atoms with van der Waals surface area (Å²) >= 11 is 0. The van der Waals surface area contributed by atoms with Crippen molar-refractivity contribution in [2.75, 3.05) is 0 Å². The van der Waals surface area contributed by atoms with Crippen LogP contribution in [-0.2, 0) is 160 Å². The van der Waals surface area contributed by atoms with Crippen molar-refractivity contribution in [3.8, 4) is 0 Å². The first-order valence-corrected chi connectivity index (χ1v) is 0. The third-order valence-corrected chi connectivity index (χ3v) is 0. The molecule has 0 amide bonds. The molecule has 0 aliphatic heterocycles. The molecule has 0 saturated heterocycles. The van der Waals surface area contributed by atoms with Crippen LogP contribution in [0.25, 0.3) is 0 Å². The number of hydrogen-bond donors (Lipinski definition) is 0. The zero-order chi connectivity index (χ0) is 0. The maximum atomic E-state index is 0. The van der Waals surface area contributed by atoms with Crippen molar-refractivity contribution < 1.29 is 160 Å². The van der Waals surface area contributed by atoms with Gasteiger partial charge in [-0.15, -0.1) is 0 Å². The average molecular weight is 723 g/mol. The van der Waals surface area contributed by atoms with Gasteiger partial charge in [0.25, 0.3) is 0 Å². The minimum atomic E-state index is 0. The molecule has 0 heterocycles.